The number of ether oxygens (including phenoxy) is 2. The molecule has 0 aliphatic heterocycles. The van der Waals surface area contributed by atoms with Crippen LogP contribution in [0, 0.1) is 5.95 Å². The lowest BCUT2D eigenvalue weighted by Crippen LogP contribution is -2.21. The van der Waals surface area contributed by atoms with Gasteiger partial charge in [-0.15, -0.1) is 13.2 Å². The van der Waals surface area contributed by atoms with Crippen LogP contribution in [0.2, 0.25) is 0 Å². The Balaban J connectivity index is 3.46. The van der Waals surface area contributed by atoms with Crippen LogP contribution in [0.3, 0.4) is 0 Å². The highest BCUT2D eigenvalue weighted by molar-refractivity contribution is 5.93. The number of aromatic nitrogens is 1. The molecule has 0 spiro atoms. The summed E-state index contributed by atoms with van der Waals surface area (Å²) in [6, 6.07) is 0.0611. The van der Waals surface area contributed by atoms with E-state index in [4.69, 9.17) is 0 Å². The molecule has 0 aromatic carbocycles. The first kappa shape index (κ1) is 15.1. The number of hydrogen-bond donors (Lipinski definition) is 0. The standard InChI is InChI=1S/C9H5F6NO3/c1-18-8(17)5-3(19-9(13,14)15)2-4(10)16-6(5)7(11)12/h2,7H,1H3. The fourth-order valence-electron chi connectivity index (χ4n) is 1.18. The summed E-state index contributed by atoms with van der Waals surface area (Å²) in [4.78, 5) is 13.9. The number of rotatable bonds is 3. The molecular formula is C9H5F6NO3. The average molecular weight is 289 g/mol. The van der Waals surface area contributed by atoms with Crippen molar-refractivity contribution < 1.29 is 40.6 Å². The lowest BCUT2D eigenvalue weighted by atomic mass is 10.1. The Morgan fingerprint density at radius 2 is 1.95 bits per heavy atom. The van der Waals surface area contributed by atoms with Crippen molar-refractivity contribution in [2.24, 2.45) is 0 Å². The highest BCUT2D eigenvalue weighted by atomic mass is 19.4. The van der Waals surface area contributed by atoms with Crippen LogP contribution in [0.5, 0.6) is 5.75 Å². The molecule has 0 amide bonds. The van der Waals surface area contributed by atoms with Crippen LogP contribution in [0.25, 0.3) is 0 Å². The third kappa shape index (κ3) is 3.73. The predicted octanol–water partition coefficient (Wildman–Crippen LogP) is 2.84. The van der Waals surface area contributed by atoms with E-state index in [0.717, 1.165) is 7.11 Å². The van der Waals surface area contributed by atoms with Gasteiger partial charge in [0.05, 0.1) is 7.11 Å². The zero-order valence-corrected chi connectivity index (χ0v) is 9.09. The molecule has 4 nitrogen and oxygen atoms in total. The van der Waals surface area contributed by atoms with Crippen LogP contribution in [-0.2, 0) is 4.74 Å². The van der Waals surface area contributed by atoms with E-state index in [1.54, 1.807) is 0 Å². The minimum atomic E-state index is -5.30. The SMILES string of the molecule is COC(=O)c1c(OC(F)(F)F)cc(F)nc1C(F)F. The second-order valence-corrected chi connectivity index (χ2v) is 3.04. The summed E-state index contributed by atoms with van der Waals surface area (Å²) in [5.74, 6) is -4.65. The van der Waals surface area contributed by atoms with Crippen LogP contribution < -0.4 is 4.74 Å². The molecule has 0 unspecified atom stereocenters. The van der Waals surface area contributed by atoms with E-state index in [2.05, 4.69) is 14.5 Å². The average Bonchev–Trinajstić information content (AvgIpc) is 2.24. The Kier molecular flexibility index (Phi) is 4.22. The van der Waals surface area contributed by atoms with Crippen molar-refractivity contribution in [3.05, 3.63) is 23.3 Å². The first-order valence-corrected chi connectivity index (χ1v) is 4.48. The van der Waals surface area contributed by atoms with E-state index in [0.29, 0.717) is 0 Å². The Morgan fingerprint density at radius 3 is 2.37 bits per heavy atom. The molecule has 0 bridgehead atoms. The fraction of sp³-hybridized carbons (Fsp3) is 0.333. The van der Waals surface area contributed by atoms with E-state index < -0.39 is 41.7 Å². The third-order valence-electron chi connectivity index (χ3n) is 1.80. The van der Waals surface area contributed by atoms with Gasteiger partial charge in [-0.1, -0.05) is 0 Å². The van der Waals surface area contributed by atoms with Crippen molar-refractivity contribution in [2.45, 2.75) is 12.8 Å². The molecule has 0 aliphatic rings. The van der Waals surface area contributed by atoms with Gasteiger partial charge in [-0.25, -0.2) is 18.6 Å². The number of pyridine rings is 1. The van der Waals surface area contributed by atoms with Crippen molar-refractivity contribution in [3.63, 3.8) is 0 Å². The Hall–Kier alpha value is -2.00. The Labute approximate surface area is 101 Å². The monoisotopic (exact) mass is 289 g/mol. The largest absolute Gasteiger partial charge is 0.573 e. The van der Waals surface area contributed by atoms with Gasteiger partial charge in [-0.2, -0.15) is 4.39 Å². The molecule has 10 heteroatoms. The molecule has 19 heavy (non-hydrogen) atoms. The van der Waals surface area contributed by atoms with Gasteiger partial charge in [-0.3, -0.25) is 0 Å². The molecule has 0 saturated carbocycles. The normalized spacial score (nSPS) is 11.6. The Morgan fingerprint density at radius 1 is 1.37 bits per heavy atom. The van der Waals surface area contributed by atoms with Crippen molar-refractivity contribution in [2.75, 3.05) is 7.11 Å². The number of hydrogen-bond acceptors (Lipinski definition) is 4. The number of methoxy groups -OCH3 is 1. The van der Waals surface area contributed by atoms with Gasteiger partial charge >= 0.3 is 12.3 Å². The number of esters is 1. The van der Waals surface area contributed by atoms with Crippen LogP contribution in [0.4, 0.5) is 26.3 Å². The van der Waals surface area contributed by atoms with Crippen molar-refractivity contribution in [1.82, 2.24) is 4.98 Å². The molecule has 1 heterocycles. The number of alkyl halides is 5. The summed E-state index contributed by atoms with van der Waals surface area (Å²) in [5.41, 5.74) is -2.78. The first-order valence-electron chi connectivity index (χ1n) is 4.48. The van der Waals surface area contributed by atoms with Crippen LogP contribution in [0.15, 0.2) is 6.07 Å². The minimum Gasteiger partial charge on any atom is -0.465 e. The molecular weight excluding hydrogens is 284 g/mol. The maximum Gasteiger partial charge on any atom is 0.573 e. The number of carbonyl (C=O) groups excluding carboxylic acids is 1. The molecule has 0 saturated heterocycles. The van der Waals surface area contributed by atoms with E-state index >= 15 is 0 Å². The third-order valence-corrected chi connectivity index (χ3v) is 1.80. The van der Waals surface area contributed by atoms with Gasteiger partial charge in [-0.05, 0) is 0 Å². The molecule has 0 atom stereocenters. The summed E-state index contributed by atoms with van der Waals surface area (Å²) in [6.07, 6.45) is -8.78. The number of carbonyl (C=O) groups is 1. The molecule has 0 radical (unpaired) electrons. The van der Waals surface area contributed by atoms with Gasteiger partial charge in [0.1, 0.15) is 11.3 Å². The Bertz CT molecular complexity index is 488. The van der Waals surface area contributed by atoms with Gasteiger partial charge < -0.3 is 9.47 Å². The quantitative estimate of drug-likeness (QED) is 0.488. The van der Waals surface area contributed by atoms with Crippen LogP contribution in [-0.4, -0.2) is 24.4 Å². The molecule has 1 rings (SSSR count). The summed E-state index contributed by atoms with van der Waals surface area (Å²) in [7, 11) is 0.748. The molecule has 1 aromatic heterocycles. The molecule has 0 N–H and O–H groups in total. The molecule has 1 aromatic rings. The molecule has 106 valence electrons. The highest BCUT2D eigenvalue weighted by Crippen LogP contribution is 2.33. The van der Waals surface area contributed by atoms with E-state index in [9.17, 15) is 31.1 Å². The summed E-state index contributed by atoms with van der Waals surface area (Å²) in [6.45, 7) is 0. The van der Waals surface area contributed by atoms with Crippen molar-refractivity contribution >= 4 is 5.97 Å². The fourth-order valence-corrected chi connectivity index (χ4v) is 1.18. The van der Waals surface area contributed by atoms with Crippen LogP contribution >= 0.6 is 0 Å². The first-order chi connectivity index (χ1) is 8.65. The number of nitrogens with zero attached hydrogens (tertiary/aromatic N) is 1. The lowest BCUT2D eigenvalue weighted by Gasteiger charge is -2.14. The molecule has 0 aliphatic carbocycles. The van der Waals surface area contributed by atoms with E-state index in [-0.39, 0.29) is 6.07 Å². The zero-order chi connectivity index (χ0) is 14.8. The smallest absolute Gasteiger partial charge is 0.465 e. The van der Waals surface area contributed by atoms with Crippen LogP contribution in [0.1, 0.15) is 22.5 Å². The maximum atomic E-state index is 12.9. The topological polar surface area (TPSA) is 48.4 Å². The predicted molar refractivity (Wildman–Crippen MR) is 47.2 cm³/mol. The van der Waals surface area contributed by atoms with Gasteiger partial charge in [0, 0.05) is 6.07 Å². The molecule has 0 fully saturated rings. The summed E-state index contributed by atoms with van der Waals surface area (Å²) in [5, 5.41) is 0. The van der Waals surface area contributed by atoms with E-state index in [1.165, 1.54) is 0 Å². The van der Waals surface area contributed by atoms with Gasteiger partial charge in [0.2, 0.25) is 5.95 Å². The van der Waals surface area contributed by atoms with Crippen molar-refractivity contribution in [3.8, 4) is 5.75 Å². The number of halogens is 6. The highest BCUT2D eigenvalue weighted by Gasteiger charge is 2.36. The maximum absolute atomic E-state index is 12.9. The minimum absolute atomic E-state index is 0.0611. The van der Waals surface area contributed by atoms with Gasteiger partial charge in [0.25, 0.3) is 6.43 Å². The van der Waals surface area contributed by atoms with E-state index in [1.807, 2.05) is 0 Å². The summed E-state index contributed by atoms with van der Waals surface area (Å²) < 4.78 is 81.5. The second kappa shape index (κ2) is 5.33. The van der Waals surface area contributed by atoms with Gasteiger partial charge in [0.15, 0.2) is 5.75 Å². The zero-order valence-electron chi connectivity index (χ0n) is 9.09. The second-order valence-electron chi connectivity index (χ2n) is 3.04. The lowest BCUT2D eigenvalue weighted by molar-refractivity contribution is -0.274. The summed E-state index contributed by atoms with van der Waals surface area (Å²) >= 11 is 0. The van der Waals surface area contributed by atoms with Crippen molar-refractivity contribution in [1.29, 1.82) is 0 Å².